The number of aryl methyl sites for hydroxylation is 1. The van der Waals surface area contributed by atoms with Gasteiger partial charge in [-0.2, -0.15) is 5.10 Å². The number of carbonyl (C=O) groups is 2. The zero-order valence-electron chi connectivity index (χ0n) is 14.3. The Hall–Kier alpha value is -1.85. The standard InChI is InChI=1S/C18H25N3O3/c1-9-4-3-5-15-16(10(2)20-21(9)15)17(22)19-14-8-11-6-12(18(23)24)7-13(11)14/h9,11-14H,3-8H2,1-2H3,(H,19,22)(H,23,24). The van der Waals surface area contributed by atoms with Crippen LogP contribution in [-0.2, 0) is 11.2 Å². The monoisotopic (exact) mass is 331 g/mol. The van der Waals surface area contributed by atoms with Crippen LogP contribution in [0.1, 0.15) is 66.8 Å². The van der Waals surface area contributed by atoms with Gasteiger partial charge in [-0.05, 0) is 64.2 Å². The molecule has 2 fully saturated rings. The summed E-state index contributed by atoms with van der Waals surface area (Å²) < 4.78 is 2.02. The van der Waals surface area contributed by atoms with Crippen molar-refractivity contribution in [2.24, 2.45) is 17.8 Å². The van der Waals surface area contributed by atoms with Gasteiger partial charge in [-0.15, -0.1) is 0 Å². The van der Waals surface area contributed by atoms with Crippen LogP contribution in [0.5, 0.6) is 0 Å². The van der Waals surface area contributed by atoms with E-state index in [1.54, 1.807) is 0 Å². The first kappa shape index (κ1) is 15.7. The number of rotatable bonds is 3. The third-order valence-corrected chi connectivity index (χ3v) is 6.35. The molecule has 130 valence electrons. The summed E-state index contributed by atoms with van der Waals surface area (Å²) in [6.45, 7) is 4.06. The Morgan fingerprint density at radius 2 is 2.08 bits per heavy atom. The molecule has 3 aliphatic rings. The van der Waals surface area contributed by atoms with E-state index in [4.69, 9.17) is 0 Å². The van der Waals surface area contributed by atoms with Crippen molar-refractivity contribution >= 4 is 11.9 Å². The van der Waals surface area contributed by atoms with E-state index in [1.165, 1.54) is 0 Å². The van der Waals surface area contributed by atoms with Crippen molar-refractivity contribution in [3.05, 3.63) is 17.0 Å². The number of carbonyl (C=O) groups excluding carboxylic acids is 1. The van der Waals surface area contributed by atoms with E-state index in [0.29, 0.717) is 24.3 Å². The molecule has 0 aromatic carbocycles. The Labute approximate surface area is 141 Å². The van der Waals surface area contributed by atoms with Gasteiger partial charge >= 0.3 is 5.97 Å². The number of amides is 1. The molecule has 1 aromatic rings. The number of carboxylic acid groups (broad SMARTS) is 1. The van der Waals surface area contributed by atoms with E-state index in [1.807, 2.05) is 11.6 Å². The predicted molar refractivity (Wildman–Crippen MR) is 87.8 cm³/mol. The summed E-state index contributed by atoms with van der Waals surface area (Å²) in [5.41, 5.74) is 2.62. The molecule has 5 atom stereocenters. The minimum Gasteiger partial charge on any atom is -0.481 e. The highest BCUT2D eigenvalue weighted by molar-refractivity contribution is 5.96. The lowest BCUT2D eigenvalue weighted by Gasteiger charge is -2.40. The molecule has 6 heteroatoms. The Balaban J connectivity index is 1.48. The van der Waals surface area contributed by atoms with Crippen LogP contribution < -0.4 is 5.32 Å². The molecule has 2 aliphatic carbocycles. The molecule has 4 rings (SSSR count). The van der Waals surface area contributed by atoms with Gasteiger partial charge in [0.2, 0.25) is 0 Å². The van der Waals surface area contributed by atoms with Crippen LogP contribution in [-0.4, -0.2) is 32.8 Å². The average molecular weight is 331 g/mol. The summed E-state index contributed by atoms with van der Waals surface area (Å²) in [7, 11) is 0. The van der Waals surface area contributed by atoms with E-state index in [2.05, 4.69) is 17.3 Å². The molecule has 0 radical (unpaired) electrons. The van der Waals surface area contributed by atoms with Gasteiger partial charge < -0.3 is 10.4 Å². The van der Waals surface area contributed by atoms with Gasteiger partial charge in [0.05, 0.1) is 22.9 Å². The molecular weight excluding hydrogens is 306 g/mol. The Morgan fingerprint density at radius 1 is 1.29 bits per heavy atom. The second kappa shape index (κ2) is 5.60. The predicted octanol–water partition coefficient (Wildman–Crippen LogP) is 2.32. The molecule has 5 unspecified atom stereocenters. The van der Waals surface area contributed by atoms with Crippen LogP contribution >= 0.6 is 0 Å². The Kier molecular flexibility index (Phi) is 3.66. The topological polar surface area (TPSA) is 84.2 Å². The fourth-order valence-electron chi connectivity index (χ4n) is 5.02. The molecule has 2 saturated carbocycles. The van der Waals surface area contributed by atoms with Crippen molar-refractivity contribution in [2.45, 2.75) is 64.5 Å². The third kappa shape index (κ3) is 2.34. The van der Waals surface area contributed by atoms with Crippen molar-refractivity contribution in [1.29, 1.82) is 0 Å². The second-order valence-corrected chi connectivity index (χ2v) is 7.84. The summed E-state index contributed by atoms with van der Waals surface area (Å²) >= 11 is 0. The van der Waals surface area contributed by atoms with Crippen molar-refractivity contribution in [2.75, 3.05) is 0 Å². The molecule has 2 N–H and O–H groups in total. The number of aliphatic carboxylic acids is 1. The molecule has 1 aliphatic heterocycles. The molecule has 0 bridgehead atoms. The minimum absolute atomic E-state index is 0.0231. The van der Waals surface area contributed by atoms with Gasteiger partial charge in [-0.25, -0.2) is 0 Å². The maximum absolute atomic E-state index is 12.8. The van der Waals surface area contributed by atoms with E-state index < -0.39 is 5.97 Å². The SMILES string of the molecule is Cc1nn2c(c1C(=O)NC1CC3CC(C(=O)O)CC31)CCCC2C. The number of nitrogens with zero attached hydrogens (tertiary/aromatic N) is 2. The van der Waals surface area contributed by atoms with Crippen molar-refractivity contribution < 1.29 is 14.7 Å². The van der Waals surface area contributed by atoms with Gasteiger partial charge in [0.15, 0.2) is 0 Å². The maximum atomic E-state index is 12.8. The van der Waals surface area contributed by atoms with Crippen LogP contribution in [0, 0.1) is 24.7 Å². The van der Waals surface area contributed by atoms with Gasteiger partial charge in [0, 0.05) is 12.1 Å². The van der Waals surface area contributed by atoms with Crippen molar-refractivity contribution in [3.63, 3.8) is 0 Å². The van der Waals surface area contributed by atoms with Crippen LogP contribution in [0.4, 0.5) is 0 Å². The average Bonchev–Trinajstić information content (AvgIpc) is 3.03. The summed E-state index contributed by atoms with van der Waals surface area (Å²) in [5, 5.41) is 16.9. The minimum atomic E-state index is -0.690. The highest BCUT2D eigenvalue weighted by Gasteiger charge is 2.50. The molecule has 24 heavy (non-hydrogen) atoms. The van der Waals surface area contributed by atoms with Gasteiger partial charge in [0.25, 0.3) is 5.91 Å². The fourth-order valence-corrected chi connectivity index (χ4v) is 5.02. The molecule has 1 aromatic heterocycles. The fraction of sp³-hybridized carbons (Fsp3) is 0.722. The smallest absolute Gasteiger partial charge is 0.306 e. The summed E-state index contributed by atoms with van der Waals surface area (Å²) in [6.07, 6.45) is 5.50. The highest BCUT2D eigenvalue weighted by atomic mass is 16.4. The second-order valence-electron chi connectivity index (χ2n) is 7.84. The van der Waals surface area contributed by atoms with Gasteiger partial charge in [0.1, 0.15) is 0 Å². The Bertz CT molecular complexity index is 696. The maximum Gasteiger partial charge on any atom is 0.306 e. The summed E-state index contributed by atoms with van der Waals surface area (Å²) in [4.78, 5) is 24.0. The molecule has 1 amide bonds. The lowest BCUT2D eigenvalue weighted by atomic mass is 9.71. The van der Waals surface area contributed by atoms with E-state index in [0.717, 1.165) is 49.1 Å². The summed E-state index contributed by atoms with van der Waals surface area (Å²) in [6, 6.07) is 0.482. The number of hydrogen-bond donors (Lipinski definition) is 2. The number of fused-ring (bicyclic) bond motifs is 2. The van der Waals surface area contributed by atoms with Gasteiger partial charge in [-0.1, -0.05) is 0 Å². The van der Waals surface area contributed by atoms with Crippen LogP contribution in [0.2, 0.25) is 0 Å². The van der Waals surface area contributed by atoms with E-state index >= 15 is 0 Å². The van der Waals surface area contributed by atoms with E-state index in [9.17, 15) is 14.7 Å². The normalized spacial score (nSPS) is 34.2. The number of nitrogens with one attached hydrogen (secondary N) is 1. The van der Waals surface area contributed by atoms with E-state index in [-0.39, 0.29) is 17.9 Å². The molecule has 2 heterocycles. The van der Waals surface area contributed by atoms with Crippen molar-refractivity contribution in [1.82, 2.24) is 15.1 Å². The zero-order valence-corrected chi connectivity index (χ0v) is 14.3. The zero-order chi connectivity index (χ0) is 17.0. The quantitative estimate of drug-likeness (QED) is 0.890. The molecule has 6 nitrogen and oxygen atoms in total. The molecule has 0 spiro atoms. The largest absolute Gasteiger partial charge is 0.481 e. The molecular formula is C18H25N3O3. The third-order valence-electron chi connectivity index (χ3n) is 6.35. The lowest BCUT2D eigenvalue weighted by molar-refractivity contribution is -0.141. The molecule has 0 saturated heterocycles. The van der Waals surface area contributed by atoms with Crippen LogP contribution in [0.3, 0.4) is 0 Å². The van der Waals surface area contributed by atoms with Crippen molar-refractivity contribution in [3.8, 4) is 0 Å². The van der Waals surface area contributed by atoms with Gasteiger partial charge in [-0.3, -0.25) is 14.3 Å². The lowest BCUT2D eigenvalue weighted by Crippen LogP contribution is -2.50. The van der Waals surface area contributed by atoms with Crippen LogP contribution in [0.25, 0.3) is 0 Å². The number of hydrogen-bond acceptors (Lipinski definition) is 3. The number of aromatic nitrogens is 2. The highest BCUT2D eigenvalue weighted by Crippen LogP contribution is 2.49. The first-order valence-corrected chi connectivity index (χ1v) is 9.07. The summed E-state index contributed by atoms with van der Waals surface area (Å²) in [5.74, 6) is -0.136. The Morgan fingerprint density at radius 3 is 2.83 bits per heavy atom. The first-order valence-electron chi connectivity index (χ1n) is 9.07. The first-order chi connectivity index (χ1) is 11.5. The number of carboxylic acids is 1. The van der Waals surface area contributed by atoms with Crippen LogP contribution in [0.15, 0.2) is 0 Å².